The lowest BCUT2D eigenvalue weighted by molar-refractivity contribution is -0.118. The van der Waals surface area contributed by atoms with Gasteiger partial charge in [-0.2, -0.15) is 0 Å². The minimum absolute atomic E-state index is 0.110. The number of amides is 1. The summed E-state index contributed by atoms with van der Waals surface area (Å²) in [7, 11) is 0. The lowest BCUT2D eigenvalue weighted by Gasteiger charge is -2.14. The second-order valence-corrected chi connectivity index (χ2v) is 4.47. The Hall–Kier alpha value is -0.870. The molecule has 0 bridgehead atoms. The molecule has 0 radical (unpaired) electrons. The maximum absolute atomic E-state index is 11.6. The van der Waals surface area contributed by atoms with Crippen LogP contribution in [0, 0.1) is 12.8 Å². The number of carbonyl (C=O) groups is 1. The Morgan fingerprint density at radius 3 is 2.57 bits per heavy atom. The lowest BCUT2D eigenvalue weighted by Crippen LogP contribution is -2.39. The van der Waals surface area contributed by atoms with Crippen molar-refractivity contribution in [2.45, 2.75) is 26.8 Å². The first-order chi connectivity index (χ1) is 6.52. The quantitative estimate of drug-likeness (QED) is 0.805. The fraction of sp³-hybridized carbons (Fsp3) is 0.500. The van der Waals surface area contributed by atoms with Crippen molar-refractivity contribution in [3.8, 4) is 0 Å². The highest BCUT2D eigenvalue weighted by Gasteiger charge is 2.17. The molecule has 3 N–H and O–H groups in total. The number of anilines is 1. The zero-order valence-electron chi connectivity index (χ0n) is 8.70. The molecule has 0 aliphatic rings. The van der Waals surface area contributed by atoms with Gasteiger partial charge in [0.2, 0.25) is 5.91 Å². The molecule has 1 aromatic rings. The minimum atomic E-state index is -0.436. The summed E-state index contributed by atoms with van der Waals surface area (Å²) < 4.78 is 0. The summed E-state index contributed by atoms with van der Waals surface area (Å²) in [5.41, 5.74) is 7.67. The minimum Gasteiger partial charge on any atom is -0.324 e. The van der Waals surface area contributed by atoms with Crippen molar-refractivity contribution in [2.75, 3.05) is 5.32 Å². The molecule has 0 saturated heterocycles. The van der Waals surface area contributed by atoms with Crippen molar-refractivity contribution in [3.05, 3.63) is 16.3 Å². The van der Waals surface area contributed by atoms with Crippen LogP contribution < -0.4 is 11.1 Å². The highest BCUT2D eigenvalue weighted by atomic mass is 32.1. The maximum Gasteiger partial charge on any atom is 0.241 e. The third kappa shape index (κ3) is 2.56. The topological polar surface area (TPSA) is 55.1 Å². The van der Waals surface area contributed by atoms with Crippen LogP contribution in [0.1, 0.15) is 19.4 Å². The fourth-order valence-electron chi connectivity index (χ4n) is 1.01. The van der Waals surface area contributed by atoms with Gasteiger partial charge in [-0.25, -0.2) is 0 Å². The van der Waals surface area contributed by atoms with Gasteiger partial charge in [0, 0.05) is 5.38 Å². The predicted octanol–water partition coefficient (Wildman–Crippen LogP) is 1.98. The average Bonchev–Trinajstić information content (AvgIpc) is 2.50. The second-order valence-electron chi connectivity index (χ2n) is 3.73. The number of nitrogens with one attached hydrogen (secondary N) is 1. The zero-order valence-corrected chi connectivity index (χ0v) is 9.52. The van der Waals surface area contributed by atoms with Crippen LogP contribution in [-0.2, 0) is 4.79 Å². The van der Waals surface area contributed by atoms with E-state index in [0.717, 1.165) is 11.3 Å². The predicted molar refractivity (Wildman–Crippen MR) is 60.5 cm³/mol. The van der Waals surface area contributed by atoms with E-state index in [2.05, 4.69) is 5.32 Å². The highest BCUT2D eigenvalue weighted by Crippen LogP contribution is 2.19. The van der Waals surface area contributed by atoms with Gasteiger partial charge >= 0.3 is 0 Å². The molecule has 1 atom stereocenters. The number of aryl methyl sites for hydroxylation is 1. The van der Waals surface area contributed by atoms with Crippen LogP contribution in [0.25, 0.3) is 0 Å². The zero-order chi connectivity index (χ0) is 10.7. The van der Waals surface area contributed by atoms with E-state index < -0.39 is 6.04 Å². The van der Waals surface area contributed by atoms with Crippen molar-refractivity contribution >= 4 is 22.9 Å². The number of hydrogen-bond acceptors (Lipinski definition) is 3. The number of hydrogen-bond donors (Lipinski definition) is 2. The molecular weight excluding hydrogens is 196 g/mol. The Morgan fingerprint density at radius 1 is 1.50 bits per heavy atom. The lowest BCUT2D eigenvalue weighted by atomic mass is 10.1. The summed E-state index contributed by atoms with van der Waals surface area (Å²) in [5, 5.41) is 6.73. The first-order valence-electron chi connectivity index (χ1n) is 4.61. The molecule has 1 amide bonds. The normalized spacial score (nSPS) is 12.9. The van der Waals surface area contributed by atoms with Crippen molar-refractivity contribution in [1.29, 1.82) is 0 Å². The first-order valence-corrected chi connectivity index (χ1v) is 5.56. The van der Waals surface area contributed by atoms with E-state index in [-0.39, 0.29) is 11.8 Å². The molecule has 0 saturated carbocycles. The molecule has 4 heteroatoms. The average molecular weight is 212 g/mol. The third-order valence-corrected chi connectivity index (χ3v) is 3.00. The SMILES string of the molecule is Cc1cscc1NC(=O)[C@@H](N)C(C)C. The number of thiophene rings is 1. The molecule has 1 rings (SSSR count). The standard InChI is InChI=1S/C10H16N2OS/c1-6(2)9(11)10(13)12-8-5-14-4-7(8)3/h4-6,9H,11H2,1-3H3,(H,12,13)/t9-/m0/s1. The van der Waals surface area contributed by atoms with Crippen LogP contribution in [-0.4, -0.2) is 11.9 Å². The Kier molecular flexibility index (Phi) is 3.66. The molecule has 0 aromatic carbocycles. The molecule has 14 heavy (non-hydrogen) atoms. The molecule has 0 aliphatic heterocycles. The first kappa shape index (κ1) is 11.2. The monoisotopic (exact) mass is 212 g/mol. The maximum atomic E-state index is 11.6. The highest BCUT2D eigenvalue weighted by molar-refractivity contribution is 7.08. The van der Waals surface area contributed by atoms with Crippen LogP contribution in [0.3, 0.4) is 0 Å². The van der Waals surface area contributed by atoms with Gasteiger partial charge in [0.25, 0.3) is 0 Å². The van der Waals surface area contributed by atoms with Gasteiger partial charge in [-0.05, 0) is 23.8 Å². The Bertz CT molecular complexity index is 320. The summed E-state index contributed by atoms with van der Waals surface area (Å²) >= 11 is 1.57. The Balaban J connectivity index is 2.62. The van der Waals surface area contributed by atoms with Crippen LogP contribution >= 0.6 is 11.3 Å². The van der Waals surface area contributed by atoms with Gasteiger partial charge in [-0.1, -0.05) is 13.8 Å². The van der Waals surface area contributed by atoms with Gasteiger partial charge in [-0.3, -0.25) is 4.79 Å². The summed E-state index contributed by atoms with van der Waals surface area (Å²) in [6, 6.07) is -0.436. The van der Waals surface area contributed by atoms with E-state index in [9.17, 15) is 4.79 Å². The van der Waals surface area contributed by atoms with Crippen LogP contribution in [0.2, 0.25) is 0 Å². The van der Waals surface area contributed by atoms with E-state index in [0.29, 0.717) is 0 Å². The van der Waals surface area contributed by atoms with Crippen molar-refractivity contribution < 1.29 is 4.79 Å². The van der Waals surface area contributed by atoms with Gasteiger partial charge in [-0.15, -0.1) is 11.3 Å². The second kappa shape index (κ2) is 4.57. The summed E-state index contributed by atoms with van der Waals surface area (Å²) in [6.07, 6.45) is 0. The van der Waals surface area contributed by atoms with Crippen molar-refractivity contribution in [1.82, 2.24) is 0 Å². The Morgan fingerprint density at radius 2 is 2.14 bits per heavy atom. The molecule has 1 aromatic heterocycles. The molecule has 0 aliphatic carbocycles. The largest absolute Gasteiger partial charge is 0.324 e. The smallest absolute Gasteiger partial charge is 0.241 e. The van der Waals surface area contributed by atoms with E-state index in [4.69, 9.17) is 5.73 Å². The van der Waals surface area contributed by atoms with Crippen LogP contribution in [0.15, 0.2) is 10.8 Å². The molecule has 78 valence electrons. The van der Waals surface area contributed by atoms with Gasteiger partial charge in [0.15, 0.2) is 0 Å². The fourth-order valence-corrected chi connectivity index (χ4v) is 1.79. The molecule has 3 nitrogen and oxygen atoms in total. The molecular formula is C10H16N2OS. The van der Waals surface area contributed by atoms with E-state index in [1.54, 1.807) is 11.3 Å². The molecule has 1 heterocycles. The van der Waals surface area contributed by atoms with Crippen molar-refractivity contribution in [3.63, 3.8) is 0 Å². The van der Waals surface area contributed by atoms with E-state index in [1.807, 2.05) is 31.5 Å². The molecule has 0 unspecified atom stereocenters. The molecule has 0 spiro atoms. The molecule has 0 fully saturated rings. The Labute approximate surface area is 88.3 Å². The summed E-state index contributed by atoms with van der Waals surface area (Å²) in [5.74, 6) is 0.0513. The number of carbonyl (C=O) groups excluding carboxylic acids is 1. The van der Waals surface area contributed by atoms with Gasteiger partial charge in [0.05, 0.1) is 11.7 Å². The van der Waals surface area contributed by atoms with Gasteiger partial charge in [0.1, 0.15) is 0 Å². The number of rotatable bonds is 3. The third-order valence-electron chi connectivity index (χ3n) is 2.13. The van der Waals surface area contributed by atoms with Gasteiger partial charge < -0.3 is 11.1 Å². The summed E-state index contributed by atoms with van der Waals surface area (Å²) in [6.45, 7) is 5.84. The summed E-state index contributed by atoms with van der Waals surface area (Å²) in [4.78, 5) is 11.6. The number of nitrogens with two attached hydrogens (primary N) is 1. The van der Waals surface area contributed by atoms with E-state index in [1.165, 1.54) is 0 Å². The van der Waals surface area contributed by atoms with Crippen LogP contribution in [0.5, 0.6) is 0 Å². The van der Waals surface area contributed by atoms with E-state index >= 15 is 0 Å². The van der Waals surface area contributed by atoms with Crippen LogP contribution in [0.4, 0.5) is 5.69 Å². The van der Waals surface area contributed by atoms with Crippen molar-refractivity contribution in [2.24, 2.45) is 11.7 Å².